The fraction of sp³-hybridized carbons (Fsp3) is 0.440. The number of nitrogens with one attached hydrogen (secondary N) is 1. The highest BCUT2D eigenvalue weighted by Gasteiger charge is 2.32. The Morgan fingerprint density at radius 1 is 0.971 bits per heavy atom. The number of benzene rings is 2. The van der Waals surface area contributed by atoms with E-state index in [9.17, 15) is 18.0 Å². The van der Waals surface area contributed by atoms with Gasteiger partial charge in [-0.1, -0.05) is 61.9 Å². The van der Waals surface area contributed by atoms with Crippen LogP contribution in [0, 0.1) is 12.8 Å². The van der Waals surface area contributed by atoms with Gasteiger partial charge in [-0.15, -0.1) is 0 Å². The molecule has 2 aromatic carbocycles. The zero-order valence-electron chi connectivity index (χ0n) is 20.9. The van der Waals surface area contributed by atoms with E-state index in [4.69, 9.17) is 0 Å². The summed E-state index contributed by atoms with van der Waals surface area (Å²) >= 11 is 0. The fourth-order valence-corrected chi connectivity index (χ4v) is 4.41. The zero-order valence-corrected chi connectivity index (χ0v) is 21.7. The van der Waals surface area contributed by atoms with Gasteiger partial charge in [0.15, 0.2) is 0 Å². The molecule has 1 atom stereocenters. The topological polar surface area (TPSA) is 90.0 Å². The number of anilines is 1. The molecule has 0 saturated carbocycles. The Hall–Kier alpha value is -2.91. The third-order valence-corrected chi connectivity index (χ3v) is 7.17. The third-order valence-electron chi connectivity index (χ3n) is 5.35. The van der Waals surface area contributed by atoms with Crippen LogP contribution in [0.15, 0.2) is 54.6 Å². The Bertz CT molecular complexity index is 1070. The summed E-state index contributed by atoms with van der Waals surface area (Å²) in [6.45, 7) is 7.83. The molecule has 0 aliphatic rings. The van der Waals surface area contributed by atoms with Gasteiger partial charge in [0, 0.05) is 27.2 Å². The van der Waals surface area contributed by atoms with E-state index >= 15 is 0 Å². The molecule has 1 N–H and O–H groups in total. The highest BCUT2D eigenvalue weighted by molar-refractivity contribution is 7.90. The molecular weight excluding hydrogens is 452 g/mol. The van der Waals surface area contributed by atoms with Crippen molar-refractivity contribution in [3.05, 3.63) is 65.7 Å². The fourth-order valence-electron chi connectivity index (χ4n) is 3.35. The molecule has 0 aromatic heterocycles. The van der Waals surface area contributed by atoms with E-state index in [0.29, 0.717) is 12.2 Å². The Morgan fingerprint density at radius 2 is 1.62 bits per heavy atom. The van der Waals surface area contributed by atoms with Crippen LogP contribution in [0.3, 0.4) is 0 Å². The SMILES string of the molecule is Cc1cccc(CN(C(=O)CN(c2ccccc2)S(=O)(=O)N(C)C)C(C)C(=O)NCC(C)C)c1. The quantitative estimate of drug-likeness (QED) is 0.527. The van der Waals surface area contributed by atoms with E-state index in [2.05, 4.69) is 5.32 Å². The maximum absolute atomic E-state index is 13.6. The standard InChI is InChI=1S/C25H36N4O4S/c1-19(2)16-26-25(31)21(4)28(17-22-12-10-11-20(3)15-22)24(30)18-29(34(32,33)27(5)6)23-13-8-7-9-14-23/h7-15,19,21H,16-18H2,1-6H3,(H,26,31). The molecule has 8 nitrogen and oxygen atoms in total. The van der Waals surface area contributed by atoms with Gasteiger partial charge >= 0.3 is 10.2 Å². The summed E-state index contributed by atoms with van der Waals surface area (Å²) in [7, 11) is -1.11. The van der Waals surface area contributed by atoms with Crippen LogP contribution in [-0.4, -0.2) is 62.7 Å². The van der Waals surface area contributed by atoms with Crippen molar-refractivity contribution in [2.24, 2.45) is 5.92 Å². The molecule has 9 heteroatoms. The first-order chi connectivity index (χ1) is 15.9. The molecule has 0 saturated heterocycles. The lowest BCUT2D eigenvalue weighted by Crippen LogP contribution is -2.52. The number of carbonyl (C=O) groups is 2. The van der Waals surface area contributed by atoms with E-state index in [-0.39, 0.29) is 18.4 Å². The van der Waals surface area contributed by atoms with E-state index in [1.807, 2.05) is 45.0 Å². The average Bonchev–Trinajstić information content (AvgIpc) is 2.79. The smallest absolute Gasteiger partial charge is 0.304 e. The first-order valence-electron chi connectivity index (χ1n) is 11.3. The molecule has 0 heterocycles. The minimum absolute atomic E-state index is 0.182. The van der Waals surface area contributed by atoms with E-state index in [1.165, 1.54) is 19.0 Å². The predicted octanol–water partition coefficient (Wildman–Crippen LogP) is 2.80. The van der Waals surface area contributed by atoms with Gasteiger partial charge < -0.3 is 10.2 Å². The van der Waals surface area contributed by atoms with Gasteiger partial charge in [0.05, 0.1) is 5.69 Å². The number of aryl methyl sites for hydroxylation is 1. The average molecular weight is 489 g/mol. The van der Waals surface area contributed by atoms with Crippen LogP contribution in [0.5, 0.6) is 0 Å². The van der Waals surface area contributed by atoms with Crippen molar-refractivity contribution in [1.82, 2.24) is 14.5 Å². The summed E-state index contributed by atoms with van der Waals surface area (Å²) in [6, 6.07) is 15.4. The minimum atomic E-state index is -3.95. The Balaban J connectivity index is 2.40. The van der Waals surface area contributed by atoms with Crippen LogP contribution in [0.4, 0.5) is 5.69 Å². The van der Waals surface area contributed by atoms with E-state index < -0.39 is 28.7 Å². The number of para-hydroxylation sites is 1. The van der Waals surface area contributed by atoms with Crippen molar-refractivity contribution in [1.29, 1.82) is 0 Å². The lowest BCUT2D eigenvalue weighted by molar-refractivity contribution is -0.139. The molecule has 0 radical (unpaired) electrons. The first kappa shape index (κ1) is 27.3. The van der Waals surface area contributed by atoms with Crippen LogP contribution in [0.2, 0.25) is 0 Å². The van der Waals surface area contributed by atoms with Crippen LogP contribution >= 0.6 is 0 Å². The van der Waals surface area contributed by atoms with Gasteiger partial charge in [0.25, 0.3) is 0 Å². The summed E-state index contributed by atoms with van der Waals surface area (Å²) in [5.41, 5.74) is 2.26. The largest absolute Gasteiger partial charge is 0.354 e. The van der Waals surface area contributed by atoms with E-state index in [0.717, 1.165) is 19.7 Å². The van der Waals surface area contributed by atoms with Gasteiger partial charge in [-0.25, -0.2) is 4.31 Å². The molecule has 0 aliphatic heterocycles. The maximum Gasteiger partial charge on any atom is 0.304 e. The lowest BCUT2D eigenvalue weighted by atomic mass is 10.1. The number of hydrogen-bond acceptors (Lipinski definition) is 4. The minimum Gasteiger partial charge on any atom is -0.354 e. The Kier molecular flexibility index (Phi) is 9.64. The van der Waals surface area contributed by atoms with Gasteiger partial charge in [-0.3, -0.25) is 9.59 Å². The molecule has 186 valence electrons. The van der Waals surface area contributed by atoms with Crippen LogP contribution in [0.25, 0.3) is 0 Å². The summed E-state index contributed by atoms with van der Waals surface area (Å²) in [4.78, 5) is 27.9. The number of nitrogens with zero attached hydrogens (tertiary/aromatic N) is 3. The second-order valence-corrected chi connectivity index (χ2v) is 11.0. The van der Waals surface area contributed by atoms with Crippen molar-refractivity contribution >= 4 is 27.7 Å². The van der Waals surface area contributed by atoms with Crippen LogP contribution in [0.1, 0.15) is 31.9 Å². The molecular formula is C25H36N4O4S. The number of carbonyl (C=O) groups excluding carboxylic acids is 2. The predicted molar refractivity (Wildman–Crippen MR) is 135 cm³/mol. The molecule has 2 rings (SSSR count). The molecule has 34 heavy (non-hydrogen) atoms. The van der Waals surface area contributed by atoms with Crippen molar-refractivity contribution in [2.75, 3.05) is 31.5 Å². The summed E-state index contributed by atoms with van der Waals surface area (Å²) in [6.07, 6.45) is 0. The second kappa shape index (κ2) is 12.0. The third kappa shape index (κ3) is 7.30. The molecule has 0 spiro atoms. The second-order valence-electron chi connectivity index (χ2n) is 8.96. The van der Waals surface area contributed by atoms with Gasteiger partial charge in [-0.05, 0) is 37.5 Å². The van der Waals surface area contributed by atoms with Crippen LogP contribution in [-0.2, 0) is 26.3 Å². The number of amides is 2. The highest BCUT2D eigenvalue weighted by atomic mass is 32.2. The van der Waals surface area contributed by atoms with Crippen molar-refractivity contribution < 1.29 is 18.0 Å². The Labute approximate surface area is 203 Å². The van der Waals surface area contributed by atoms with Crippen molar-refractivity contribution in [2.45, 2.75) is 40.3 Å². The number of rotatable bonds is 11. The monoisotopic (exact) mass is 488 g/mol. The number of hydrogen-bond donors (Lipinski definition) is 1. The van der Waals surface area contributed by atoms with Crippen molar-refractivity contribution in [3.63, 3.8) is 0 Å². The Morgan fingerprint density at radius 3 is 2.18 bits per heavy atom. The molecule has 0 bridgehead atoms. The van der Waals surface area contributed by atoms with Gasteiger partial charge in [-0.2, -0.15) is 12.7 Å². The maximum atomic E-state index is 13.6. The summed E-state index contributed by atoms with van der Waals surface area (Å²) in [5.74, 6) is -0.490. The normalized spacial score (nSPS) is 12.5. The van der Waals surface area contributed by atoms with Gasteiger partial charge in [0.1, 0.15) is 12.6 Å². The molecule has 2 aromatic rings. The summed E-state index contributed by atoms with van der Waals surface area (Å²) in [5, 5.41) is 2.87. The highest BCUT2D eigenvalue weighted by Crippen LogP contribution is 2.20. The lowest BCUT2D eigenvalue weighted by Gasteiger charge is -2.33. The van der Waals surface area contributed by atoms with Gasteiger partial charge in [0.2, 0.25) is 11.8 Å². The zero-order chi connectivity index (χ0) is 25.5. The van der Waals surface area contributed by atoms with Crippen LogP contribution < -0.4 is 9.62 Å². The van der Waals surface area contributed by atoms with E-state index in [1.54, 1.807) is 37.3 Å². The molecule has 2 amide bonds. The molecule has 1 unspecified atom stereocenters. The summed E-state index contributed by atoms with van der Waals surface area (Å²) < 4.78 is 28.3. The first-order valence-corrected chi connectivity index (χ1v) is 12.7. The molecule has 0 fully saturated rings. The van der Waals surface area contributed by atoms with Crippen molar-refractivity contribution in [3.8, 4) is 0 Å². The molecule has 0 aliphatic carbocycles.